The van der Waals surface area contributed by atoms with Crippen molar-refractivity contribution in [1.29, 1.82) is 0 Å². The molecule has 2 bridgehead atoms. The van der Waals surface area contributed by atoms with Crippen molar-refractivity contribution < 1.29 is 14.3 Å². The number of nitrogens with zero attached hydrogens (tertiary/aromatic N) is 3. The first kappa shape index (κ1) is 27.4. The summed E-state index contributed by atoms with van der Waals surface area (Å²) in [5, 5.41) is 0. The molecule has 0 saturated carbocycles. The number of esters is 1. The molecule has 1 aliphatic rings. The third kappa shape index (κ3) is 8.75. The van der Waals surface area contributed by atoms with Gasteiger partial charge in [-0.3, -0.25) is 24.4 Å². The second-order valence-corrected chi connectivity index (χ2v) is 9.88. The van der Waals surface area contributed by atoms with Gasteiger partial charge in [-0.05, 0) is 23.3 Å². The minimum absolute atomic E-state index is 0.0692. The zero-order chi connectivity index (χ0) is 26.6. The van der Waals surface area contributed by atoms with E-state index in [1.165, 1.54) is 18.2 Å². The Morgan fingerprint density at radius 1 is 0.816 bits per heavy atom. The van der Waals surface area contributed by atoms with Crippen LogP contribution >= 0.6 is 0 Å². The fourth-order valence-corrected chi connectivity index (χ4v) is 4.83. The summed E-state index contributed by atoms with van der Waals surface area (Å²) >= 11 is 0. The summed E-state index contributed by atoms with van der Waals surface area (Å²) in [5.41, 5.74) is 4.21. The molecule has 0 saturated heterocycles. The third-order valence-electron chi connectivity index (χ3n) is 6.81. The highest BCUT2D eigenvalue weighted by Crippen LogP contribution is 2.17. The summed E-state index contributed by atoms with van der Waals surface area (Å²) in [7, 11) is 1.38. The van der Waals surface area contributed by atoms with Crippen molar-refractivity contribution in [3.8, 4) is 0 Å². The van der Waals surface area contributed by atoms with Gasteiger partial charge in [0, 0.05) is 64.2 Å². The Morgan fingerprint density at radius 2 is 1.42 bits per heavy atom. The third-order valence-corrected chi connectivity index (χ3v) is 6.81. The first-order chi connectivity index (χ1) is 18.6. The van der Waals surface area contributed by atoms with Crippen molar-refractivity contribution in [2.45, 2.75) is 38.9 Å². The fourth-order valence-electron chi connectivity index (χ4n) is 4.83. The number of ketones is 1. The molecular weight excluding hydrogens is 474 g/mol. The molecule has 2 heterocycles. The lowest BCUT2D eigenvalue weighted by Crippen LogP contribution is -2.29. The molecule has 1 unspecified atom stereocenters. The lowest BCUT2D eigenvalue weighted by Gasteiger charge is -2.23. The largest absolute Gasteiger partial charge is 0.469 e. The van der Waals surface area contributed by atoms with Gasteiger partial charge in [0.1, 0.15) is 5.78 Å². The average Bonchev–Trinajstić information content (AvgIpc) is 2.94. The summed E-state index contributed by atoms with van der Waals surface area (Å²) in [6.07, 6.45) is 5.35. The number of ether oxygens (including phenoxy) is 1. The molecule has 6 nitrogen and oxygen atoms in total. The van der Waals surface area contributed by atoms with Gasteiger partial charge in [0.15, 0.2) is 0 Å². The molecule has 1 atom stereocenters. The second-order valence-electron chi connectivity index (χ2n) is 9.88. The normalized spacial score (nSPS) is 19.1. The molecule has 0 amide bonds. The monoisotopic (exact) mass is 511 g/mol. The topological polar surface area (TPSA) is 62.7 Å². The van der Waals surface area contributed by atoms with Gasteiger partial charge in [-0.25, -0.2) is 0 Å². The van der Waals surface area contributed by atoms with Crippen molar-refractivity contribution >= 4 is 11.8 Å². The number of Topliss-reactive ketones (excluding diaryl/α,β-unsaturated/α-hetero) is 1. The van der Waals surface area contributed by atoms with Crippen molar-refractivity contribution in [3.63, 3.8) is 0 Å². The van der Waals surface area contributed by atoms with Crippen LogP contribution < -0.4 is 0 Å². The van der Waals surface area contributed by atoms with E-state index in [0.717, 1.165) is 37.6 Å². The van der Waals surface area contributed by atoms with E-state index in [0.29, 0.717) is 25.9 Å². The van der Waals surface area contributed by atoms with Gasteiger partial charge in [0.05, 0.1) is 18.7 Å². The van der Waals surface area contributed by atoms with E-state index < -0.39 is 5.92 Å². The molecule has 38 heavy (non-hydrogen) atoms. The Morgan fingerprint density at radius 3 is 2.08 bits per heavy atom. The van der Waals surface area contributed by atoms with Crippen molar-refractivity contribution in [1.82, 2.24) is 14.8 Å². The standard InChI is InChI=1S/C32H37N3O3/c1-38-32(37)28-21-29-15-10-16-30(33-29)25-35(24-27-13-6-3-7-14-27)19-9-8-18-34(20-17-31(36)22-28)23-26-11-4-2-5-12-26/h2-16,28H,17-25H2,1H3/b9-8+. The highest BCUT2D eigenvalue weighted by Gasteiger charge is 2.24. The number of rotatable bonds is 5. The second kappa shape index (κ2) is 14.4. The first-order valence-corrected chi connectivity index (χ1v) is 13.3. The van der Waals surface area contributed by atoms with E-state index in [2.05, 4.69) is 58.4 Å². The quantitative estimate of drug-likeness (QED) is 0.361. The van der Waals surface area contributed by atoms with Crippen LogP contribution in [0.15, 0.2) is 91.0 Å². The zero-order valence-corrected chi connectivity index (χ0v) is 22.2. The minimum atomic E-state index is -0.536. The van der Waals surface area contributed by atoms with Gasteiger partial charge in [0.25, 0.3) is 0 Å². The number of carbonyl (C=O) groups is 2. The lowest BCUT2D eigenvalue weighted by molar-refractivity contribution is -0.147. The predicted octanol–water partition coefficient (Wildman–Crippen LogP) is 4.84. The Hall–Kier alpha value is -3.61. The molecule has 0 aliphatic carbocycles. The van der Waals surface area contributed by atoms with E-state index in [1.807, 2.05) is 42.5 Å². The maximum Gasteiger partial charge on any atom is 0.309 e. The van der Waals surface area contributed by atoms with Gasteiger partial charge in [-0.1, -0.05) is 78.9 Å². The van der Waals surface area contributed by atoms with Crippen molar-refractivity contribution in [2.24, 2.45) is 5.92 Å². The van der Waals surface area contributed by atoms with E-state index in [1.54, 1.807) is 0 Å². The molecule has 3 aromatic rings. The molecule has 0 spiro atoms. The highest BCUT2D eigenvalue weighted by atomic mass is 16.5. The average molecular weight is 512 g/mol. The van der Waals surface area contributed by atoms with Crippen LogP contribution in [0.25, 0.3) is 0 Å². The van der Waals surface area contributed by atoms with Crippen molar-refractivity contribution in [3.05, 3.63) is 114 Å². The molecule has 0 radical (unpaired) electrons. The molecule has 198 valence electrons. The summed E-state index contributed by atoms with van der Waals surface area (Å²) in [4.78, 5) is 35.1. The molecule has 4 rings (SSSR count). The number of hydrogen-bond acceptors (Lipinski definition) is 6. The summed E-state index contributed by atoms with van der Waals surface area (Å²) in [6, 6.07) is 26.7. The van der Waals surface area contributed by atoms with Crippen LogP contribution in [0.3, 0.4) is 0 Å². The van der Waals surface area contributed by atoms with E-state index in [4.69, 9.17) is 9.72 Å². The predicted molar refractivity (Wildman–Crippen MR) is 149 cm³/mol. The van der Waals surface area contributed by atoms with Gasteiger partial charge < -0.3 is 4.74 Å². The van der Waals surface area contributed by atoms with Crippen molar-refractivity contribution in [2.75, 3.05) is 26.7 Å². The van der Waals surface area contributed by atoms with Gasteiger partial charge in [-0.15, -0.1) is 0 Å². The number of aromatic nitrogens is 1. The minimum Gasteiger partial charge on any atom is -0.469 e. The van der Waals surface area contributed by atoms with E-state index >= 15 is 0 Å². The maximum absolute atomic E-state index is 13.0. The van der Waals surface area contributed by atoms with Crippen LogP contribution in [0.2, 0.25) is 0 Å². The number of hydrogen-bond donors (Lipinski definition) is 0. The number of benzene rings is 2. The Balaban J connectivity index is 1.58. The van der Waals surface area contributed by atoms with Crippen LogP contribution in [-0.4, -0.2) is 53.3 Å². The Labute approximate surface area is 226 Å². The smallest absolute Gasteiger partial charge is 0.309 e. The highest BCUT2D eigenvalue weighted by molar-refractivity contribution is 5.84. The molecule has 0 fully saturated rings. The molecule has 6 heteroatoms. The van der Waals surface area contributed by atoms with E-state index in [-0.39, 0.29) is 18.2 Å². The Kier molecular flexibility index (Phi) is 10.4. The van der Waals surface area contributed by atoms with E-state index in [9.17, 15) is 9.59 Å². The fraction of sp³-hybridized carbons (Fsp3) is 0.344. The molecule has 1 aromatic heterocycles. The first-order valence-electron chi connectivity index (χ1n) is 13.3. The number of fused-ring (bicyclic) bond motifs is 2. The van der Waals surface area contributed by atoms with Gasteiger partial charge >= 0.3 is 5.97 Å². The summed E-state index contributed by atoms with van der Waals surface area (Å²) in [6.45, 7) is 4.42. The number of pyridine rings is 1. The van der Waals surface area contributed by atoms with Crippen LogP contribution in [0.5, 0.6) is 0 Å². The zero-order valence-electron chi connectivity index (χ0n) is 22.2. The molecule has 1 aliphatic heterocycles. The molecule has 2 aromatic carbocycles. The lowest BCUT2D eigenvalue weighted by atomic mass is 9.95. The maximum atomic E-state index is 13.0. The number of methoxy groups -OCH3 is 1. The molecule has 0 N–H and O–H groups in total. The van der Waals surface area contributed by atoms with Gasteiger partial charge in [0.2, 0.25) is 0 Å². The Bertz CT molecular complexity index is 1200. The van der Waals surface area contributed by atoms with Crippen LogP contribution in [-0.2, 0) is 40.4 Å². The SMILES string of the molecule is COC(=O)C1CC(=O)CCN(Cc2ccccc2)C/C=C/CN(Cc2ccccc2)Cc2cccc(n2)C1. The van der Waals surface area contributed by atoms with Gasteiger partial charge in [-0.2, -0.15) is 0 Å². The van der Waals surface area contributed by atoms with Crippen LogP contribution in [0.1, 0.15) is 35.4 Å². The van der Waals surface area contributed by atoms with Crippen LogP contribution in [0, 0.1) is 5.92 Å². The summed E-state index contributed by atoms with van der Waals surface area (Å²) < 4.78 is 5.05. The number of carbonyl (C=O) groups excluding carboxylic acids is 2. The van der Waals surface area contributed by atoms with Crippen LogP contribution in [0.4, 0.5) is 0 Å². The summed E-state index contributed by atoms with van der Waals surface area (Å²) in [5.74, 6) is -0.827. The molecular formula is C32H37N3O3.